The van der Waals surface area contributed by atoms with E-state index in [0.717, 1.165) is 4.31 Å². The van der Waals surface area contributed by atoms with E-state index in [1.165, 1.54) is 32.3 Å². The monoisotopic (exact) mass is 400 g/mol. The Bertz CT molecular complexity index is 1080. The van der Waals surface area contributed by atoms with Gasteiger partial charge in [0, 0.05) is 49.3 Å². The second-order valence-electron chi connectivity index (χ2n) is 6.51. The number of fused-ring (bicyclic) bond motifs is 2. The van der Waals surface area contributed by atoms with E-state index >= 15 is 0 Å². The lowest BCUT2D eigenvalue weighted by Crippen LogP contribution is -2.30. The minimum atomic E-state index is -3.86. The number of hydrogen-bond donors (Lipinski definition) is 1. The Morgan fingerprint density at radius 3 is 2.14 bits per heavy atom. The molecular weight excluding hydrogens is 380 g/mol. The number of nitrogens with one attached hydrogen (secondary N) is 1. The number of carbonyl (C=O) groups is 3. The molecule has 0 saturated heterocycles. The van der Waals surface area contributed by atoms with Crippen molar-refractivity contribution in [3.63, 3.8) is 0 Å². The lowest BCUT2D eigenvalue weighted by molar-refractivity contribution is -0.120. The van der Waals surface area contributed by atoms with Crippen molar-refractivity contribution in [3.05, 3.63) is 64.7 Å². The molecule has 28 heavy (non-hydrogen) atoms. The van der Waals surface area contributed by atoms with Gasteiger partial charge in [-0.25, -0.2) is 12.7 Å². The fourth-order valence-corrected chi connectivity index (χ4v) is 4.36. The standard InChI is InChI=1S/C20H20N2O5S/c1-21-18(23)8-5-11-22(2)28(26,27)13-9-10-16-17(12-13)20(25)15-7-4-3-6-14(15)19(16)24/h3-4,6-7,9-10,12H,5,8,11H2,1-2H3,(H,21,23). The molecule has 8 heteroatoms. The Hall–Kier alpha value is -2.84. The van der Waals surface area contributed by atoms with Crippen LogP contribution in [0.2, 0.25) is 0 Å². The average Bonchev–Trinajstić information content (AvgIpc) is 2.71. The molecule has 2 aromatic carbocycles. The van der Waals surface area contributed by atoms with Crippen LogP contribution in [0.3, 0.4) is 0 Å². The fraction of sp³-hybridized carbons (Fsp3) is 0.250. The molecule has 3 rings (SSSR count). The Morgan fingerprint density at radius 1 is 0.964 bits per heavy atom. The zero-order valence-corrected chi connectivity index (χ0v) is 16.4. The summed E-state index contributed by atoms with van der Waals surface area (Å²) < 4.78 is 26.8. The molecule has 1 aliphatic carbocycles. The molecule has 0 unspecified atom stereocenters. The molecule has 1 aliphatic rings. The number of nitrogens with zero attached hydrogens (tertiary/aromatic N) is 1. The van der Waals surface area contributed by atoms with Crippen molar-refractivity contribution in [1.82, 2.24) is 9.62 Å². The number of hydrogen-bond acceptors (Lipinski definition) is 5. The van der Waals surface area contributed by atoms with E-state index in [0.29, 0.717) is 12.0 Å². The molecule has 0 aromatic heterocycles. The molecule has 1 N–H and O–H groups in total. The molecule has 0 atom stereocenters. The number of benzene rings is 2. The molecule has 146 valence electrons. The van der Waals surface area contributed by atoms with Gasteiger partial charge >= 0.3 is 0 Å². The van der Waals surface area contributed by atoms with Gasteiger partial charge in [0.2, 0.25) is 15.9 Å². The van der Waals surface area contributed by atoms with E-state index in [4.69, 9.17) is 0 Å². The van der Waals surface area contributed by atoms with Crippen molar-refractivity contribution in [3.8, 4) is 0 Å². The van der Waals surface area contributed by atoms with E-state index in [9.17, 15) is 22.8 Å². The van der Waals surface area contributed by atoms with Crippen LogP contribution in [0.4, 0.5) is 0 Å². The predicted octanol–water partition coefficient (Wildman–Crippen LogP) is 1.61. The Labute approximate surface area is 163 Å². The van der Waals surface area contributed by atoms with Gasteiger partial charge in [0.25, 0.3) is 0 Å². The molecular formula is C20H20N2O5S. The summed E-state index contributed by atoms with van der Waals surface area (Å²) in [7, 11) is -0.920. The maximum atomic E-state index is 12.8. The summed E-state index contributed by atoms with van der Waals surface area (Å²) in [5, 5.41) is 2.48. The Kier molecular flexibility index (Phi) is 5.44. The number of ketones is 2. The molecule has 0 spiro atoms. The number of amides is 1. The first kappa shape index (κ1) is 19.9. The molecule has 7 nitrogen and oxygen atoms in total. The van der Waals surface area contributed by atoms with Crippen molar-refractivity contribution in [1.29, 1.82) is 0 Å². The quantitative estimate of drug-likeness (QED) is 0.677. The van der Waals surface area contributed by atoms with Crippen LogP contribution in [0.15, 0.2) is 47.4 Å². The van der Waals surface area contributed by atoms with Gasteiger partial charge in [0.1, 0.15) is 0 Å². The summed E-state index contributed by atoms with van der Waals surface area (Å²) >= 11 is 0. The van der Waals surface area contributed by atoms with E-state index in [1.807, 2.05) is 0 Å². The van der Waals surface area contributed by atoms with Crippen LogP contribution < -0.4 is 5.32 Å². The summed E-state index contributed by atoms with van der Waals surface area (Å²) in [5.41, 5.74) is 0.879. The van der Waals surface area contributed by atoms with Crippen molar-refractivity contribution in [2.75, 3.05) is 20.6 Å². The van der Waals surface area contributed by atoms with E-state index < -0.39 is 10.0 Å². The van der Waals surface area contributed by atoms with Gasteiger partial charge in [-0.15, -0.1) is 0 Å². The smallest absolute Gasteiger partial charge is 0.242 e. The molecule has 0 fully saturated rings. The average molecular weight is 400 g/mol. The highest BCUT2D eigenvalue weighted by Gasteiger charge is 2.31. The zero-order chi connectivity index (χ0) is 20.5. The predicted molar refractivity (Wildman–Crippen MR) is 103 cm³/mol. The Balaban J connectivity index is 1.90. The van der Waals surface area contributed by atoms with Crippen LogP contribution in [0.25, 0.3) is 0 Å². The topological polar surface area (TPSA) is 101 Å². The highest BCUT2D eigenvalue weighted by molar-refractivity contribution is 7.89. The summed E-state index contributed by atoms with van der Waals surface area (Å²) in [6.07, 6.45) is 0.579. The second kappa shape index (κ2) is 7.65. The molecule has 1 amide bonds. The Morgan fingerprint density at radius 2 is 1.54 bits per heavy atom. The largest absolute Gasteiger partial charge is 0.359 e. The van der Waals surface area contributed by atoms with Gasteiger partial charge in [0.05, 0.1) is 4.90 Å². The third-order valence-corrected chi connectivity index (χ3v) is 6.61. The highest BCUT2D eigenvalue weighted by atomic mass is 32.2. The molecule has 0 aliphatic heterocycles. The molecule has 0 heterocycles. The van der Waals surface area contributed by atoms with Crippen molar-refractivity contribution >= 4 is 27.5 Å². The number of carbonyl (C=O) groups excluding carboxylic acids is 3. The maximum absolute atomic E-state index is 12.8. The summed E-state index contributed by atoms with van der Waals surface area (Å²) in [5.74, 6) is -0.833. The normalized spacial score (nSPS) is 13.2. The second-order valence-corrected chi connectivity index (χ2v) is 8.56. The summed E-state index contributed by atoms with van der Waals surface area (Å²) in [4.78, 5) is 36.6. The first-order valence-electron chi connectivity index (χ1n) is 8.76. The molecule has 2 aromatic rings. The zero-order valence-electron chi connectivity index (χ0n) is 15.6. The van der Waals surface area contributed by atoms with Crippen LogP contribution in [-0.4, -0.2) is 50.8 Å². The third kappa shape index (κ3) is 3.48. The van der Waals surface area contributed by atoms with Crippen LogP contribution in [-0.2, 0) is 14.8 Å². The molecule has 0 bridgehead atoms. The molecule has 0 radical (unpaired) electrons. The van der Waals surface area contributed by atoms with Crippen LogP contribution in [0.5, 0.6) is 0 Å². The van der Waals surface area contributed by atoms with Crippen LogP contribution in [0.1, 0.15) is 44.7 Å². The van der Waals surface area contributed by atoms with Gasteiger partial charge in [-0.05, 0) is 24.6 Å². The lowest BCUT2D eigenvalue weighted by atomic mass is 9.84. The van der Waals surface area contributed by atoms with Gasteiger partial charge in [-0.2, -0.15) is 0 Å². The SMILES string of the molecule is CNC(=O)CCCN(C)S(=O)(=O)c1ccc2c(c1)C(=O)c1ccccc1C2=O. The van der Waals surface area contributed by atoms with Gasteiger partial charge in [-0.1, -0.05) is 24.3 Å². The van der Waals surface area contributed by atoms with Gasteiger partial charge in [0.15, 0.2) is 11.6 Å². The van der Waals surface area contributed by atoms with Crippen LogP contribution in [0, 0.1) is 0 Å². The first-order chi connectivity index (χ1) is 13.3. The minimum absolute atomic E-state index is 0.0609. The van der Waals surface area contributed by atoms with Gasteiger partial charge < -0.3 is 5.32 Å². The molecule has 0 saturated carbocycles. The van der Waals surface area contributed by atoms with Crippen molar-refractivity contribution < 1.29 is 22.8 Å². The fourth-order valence-electron chi connectivity index (χ4n) is 3.13. The number of rotatable bonds is 6. The maximum Gasteiger partial charge on any atom is 0.242 e. The van der Waals surface area contributed by atoms with E-state index in [1.54, 1.807) is 24.3 Å². The third-order valence-electron chi connectivity index (χ3n) is 4.76. The minimum Gasteiger partial charge on any atom is -0.359 e. The van der Waals surface area contributed by atoms with E-state index in [-0.39, 0.29) is 52.0 Å². The van der Waals surface area contributed by atoms with Crippen molar-refractivity contribution in [2.45, 2.75) is 17.7 Å². The number of sulfonamides is 1. The summed E-state index contributed by atoms with van der Waals surface area (Å²) in [6, 6.07) is 10.5. The van der Waals surface area contributed by atoms with Crippen LogP contribution >= 0.6 is 0 Å². The summed E-state index contributed by atoms with van der Waals surface area (Å²) in [6.45, 7) is 0.155. The van der Waals surface area contributed by atoms with Gasteiger partial charge in [-0.3, -0.25) is 14.4 Å². The first-order valence-corrected chi connectivity index (χ1v) is 10.2. The lowest BCUT2D eigenvalue weighted by Gasteiger charge is -2.20. The van der Waals surface area contributed by atoms with Crippen molar-refractivity contribution in [2.24, 2.45) is 0 Å². The highest BCUT2D eigenvalue weighted by Crippen LogP contribution is 2.29. The van der Waals surface area contributed by atoms with E-state index in [2.05, 4.69) is 5.32 Å².